The molecule has 30 heavy (non-hydrogen) atoms. The van der Waals surface area contributed by atoms with Crippen molar-refractivity contribution in [2.75, 3.05) is 25.0 Å². The van der Waals surface area contributed by atoms with E-state index in [2.05, 4.69) is 5.32 Å². The minimum Gasteiger partial charge on any atom is -0.451 e. The predicted molar refractivity (Wildman–Crippen MR) is 108 cm³/mol. The van der Waals surface area contributed by atoms with Gasteiger partial charge in [-0.25, -0.2) is 13.2 Å². The molecule has 0 saturated heterocycles. The SMILES string of the molecule is CCN(CC)S(=O)(=O)c1cc(C(=O)OCC(=O)Nc2ccccc2[N+](=O)[O-])n(C)c1. The van der Waals surface area contributed by atoms with Crippen LogP contribution in [0.2, 0.25) is 0 Å². The van der Waals surface area contributed by atoms with Crippen molar-refractivity contribution in [2.24, 2.45) is 7.05 Å². The van der Waals surface area contributed by atoms with Crippen LogP contribution >= 0.6 is 0 Å². The van der Waals surface area contributed by atoms with Crippen LogP contribution in [0, 0.1) is 10.1 Å². The third-order valence-electron chi connectivity index (χ3n) is 4.24. The average molecular weight is 438 g/mol. The summed E-state index contributed by atoms with van der Waals surface area (Å²) in [5.74, 6) is -1.68. The molecule has 1 amide bonds. The molecule has 0 radical (unpaired) electrons. The molecular formula is C18H22N4O7S. The lowest BCUT2D eigenvalue weighted by Gasteiger charge is -2.17. The lowest BCUT2D eigenvalue weighted by molar-refractivity contribution is -0.383. The van der Waals surface area contributed by atoms with Gasteiger partial charge in [0.15, 0.2) is 6.61 Å². The summed E-state index contributed by atoms with van der Waals surface area (Å²) in [6, 6.07) is 6.71. The minimum atomic E-state index is -3.76. The van der Waals surface area contributed by atoms with Gasteiger partial charge in [-0.1, -0.05) is 26.0 Å². The van der Waals surface area contributed by atoms with E-state index in [9.17, 15) is 28.1 Å². The van der Waals surface area contributed by atoms with Gasteiger partial charge in [-0.05, 0) is 12.1 Å². The first-order valence-corrected chi connectivity index (χ1v) is 10.4. The number of sulfonamides is 1. The van der Waals surface area contributed by atoms with Crippen molar-refractivity contribution >= 4 is 33.3 Å². The summed E-state index contributed by atoms with van der Waals surface area (Å²) in [5, 5.41) is 13.3. The number of anilines is 1. The van der Waals surface area contributed by atoms with Crippen LogP contribution in [0.25, 0.3) is 0 Å². The van der Waals surface area contributed by atoms with Crippen LogP contribution in [0.3, 0.4) is 0 Å². The van der Waals surface area contributed by atoms with E-state index >= 15 is 0 Å². The molecule has 0 aliphatic carbocycles. The number of hydrogen-bond acceptors (Lipinski definition) is 7. The van der Waals surface area contributed by atoms with Crippen molar-refractivity contribution in [2.45, 2.75) is 18.7 Å². The highest BCUT2D eigenvalue weighted by atomic mass is 32.2. The van der Waals surface area contributed by atoms with Gasteiger partial charge in [0.05, 0.1) is 4.92 Å². The first-order chi connectivity index (χ1) is 14.1. The molecule has 0 unspecified atom stereocenters. The number of aryl methyl sites for hydroxylation is 1. The zero-order chi connectivity index (χ0) is 22.5. The Morgan fingerprint density at radius 3 is 2.47 bits per heavy atom. The van der Waals surface area contributed by atoms with Gasteiger partial charge < -0.3 is 14.6 Å². The van der Waals surface area contributed by atoms with Crippen LogP contribution in [0.1, 0.15) is 24.3 Å². The molecule has 11 nitrogen and oxygen atoms in total. The smallest absolute Gasteiger partial charge is 0.355 e. The van der Waals surface area contributed by atoms with Gasteiger partial charge in [0.1, 0.15) is 16.3 Å². The highest BCUT2D eigenvalue weighted by molar-refractivity contribution is 7.89. The van der Waals surface area contributed by atoms with Gasteiger partial charge in [0.25, 0.3) is 11.6 Å². The second-order valence-corrected chi connectivity index (χ2v) is 8.10. The van der Waals surface area contributed by atoms with Crippen molar-refractivity contribution in [3.63, 3.8) is 0 Å². The summed E-state index contributed by atoms with van der Waals surface area (Å²) in [7, 11) is -2.28. The van der Waals surface area contributed by atoms with E-state index in [0.29, 0.717) is 0 Å². The maximum Gasteiger partial charge on any atom is 0.355 e. The number of nitrogens with zero attached hydrogens (tertiary/aromatic N) is 3. The first-order valence-electron chi connectivity index (χ1n) is 8.98. The number of benzene rings is 1. The molecule has 1 heterocycles. The summed E-state index contributed by atoms with van der Waals surface area (Å²) in [5.41, 5.74) is -0.389. The average Bonchev–Trinajstić information content (AvgIpc) is 3.09. The standard InChI is InChI=1S/C18H22N4O7S/c1-4-21(5-2)30(27,28)13-10-16(20(3)11-13)18(24)29-12-17(23)19-14-8-6-7-9-15(14)22(25)26/h6-11H,4-5,12H2,1-3H3,(H,19,23). The number of nitro benzene ring substituents is 1. The normalized spacial score (nSPS) is 11.3. The van der Waals surface area contributed by atoms with Crippen LogP contribution in [-0.2, 0) is 26.6 Å². The van der Waals surface area contributed by atoms with Crippen molar-refractivity contribution < 1.29 is 27.7 Å². The summed E-state index contributed by atoms with van der Waals surface area (Å²) < 4.78 is 32.6. The van der Waals surface area contributed by atoms with Crippen LogP contribution in [0.15, 0.2) is 41.4 Å². The molecule has 0 atom stereocenters. The highest BCUT2D eigenvalue weighted by Gasteiger charge is 2.26. The molecule has 0 saturated carbocycles. The van der Waals surface area contributed by atoms with Crippen molar-refractivity contribution in [1.29, 1.82) is 0 Å². The van der Waals surface area contributed by atoms with E-state index in [0.717, 1.165) is 0 Å². The van der Waals surface area contributed by atoms with Crippen molar-refractivity contribution in [3.05, 3.63) is 52.3 Å². The molecular weight excluding hydrogens is 416 g/mol. The maximum absolute atomic E-state index is 12.6. The lowest BCUT2D eigenvalue weighted by atomic mass is 10.2. The van der Waals surface area contributed by atoms with E-state index in [1.807, 2.05) is 0 Å². The Bertz CT molecular complexity index is 1060. The quantitative estimate of drug-likeness (QED) is 0.357. The predicted octanol–water partition coefficient (Wildman–Crippen LogP) is 1.76. The molecule has 1 N–H and O–H groups in total. The second kappa shape index (κ2) is 9.50. The van der Waals surface area contributed by atoms with Gasteiger partial charge in [0.2, 0.25) is 10.0 Å². The molecule has 2 aromatic rings. The lowest BCUT2D eigenvalue weighted by Crippen LogP contribution is -2.30. The number of esters is 1. The van der Waals surface area contributed by atoms with E-state index in [-0.39, 0.29) is 35.1 Å². The molecule has 0 spiro atoms. The number of carbonyl (C=O) groups is 2. The topological polar surface area (TPSA) is 141 Å². The number of nitrogens with one attached hydrogen (secondary N) is 1. The third kappa shape index (κ3) is 5.02. The minimum absolute atomic E-state index is 0.0324. The van der Waals surface area contributed by atoms with E-state index in [1.165, 1.54) is 52.4 Å². The fraction of sp³-hybridized carbons (Fsp3) is 0.333. The number of ether oxygens (including phenoxy) is 1. The number of para-hydroxylation sites is 2. The van der Waals surface area contributed by atoms with E-state index in [4.69, 9.17) is 4.74 Å². The zero-order valence-corrected chi connectivity index (χ0v) is 17.5. The number of carbonyl (C=O) groups excluding carboxylic acids is 2. The molecule has 0 bridgehead atoms. The van der Waals surface area contributed by atoms with Gasteiger partial charge in [-0.15, -0.1) is 0 Å². The molecule has 0 aliphatic rings. The Hall–Kier alpha value is -3.25. The second-order valence-electron chi connectivity index (χ2n) is 6.16. The highest BCUT2D eigenvalue weighted by Crippen LogP contribution is 2.23. The summed E-state index contributed by atoms with van der Waals surface area (Å²) in [4.78, 5) is 34.6. The van der Waals surface area contributed by atoms with Crippen LogP contribution < -0.4 is 5.32 Å². The van der Waals surface area contributed by atoms with Crippen LogP contribution in [0.5, 0.6) is 0 Å². The molecule has 12 heteroatoms. The Kier molecular flexibility index (Phi) is 7.29. The Morgan fingerprint density at radius 2 is 1.87 bits per heavy atom. The molecule has 162 valence electrons. The fourth-order valence-corrected chi connectivity index (χ4v) is 4.25. The van der Waals surface area contributed by atoms with Gasteiger partial charge >= 0.3 is 5.97 Å². The monoisotopic (exact) mass is 438 g/mol. The van der Waals surface area contributed by atoms with E-state index < -0.39 is 33.4 Å². The van der Waals surface area contributed by atoms with Crippen molar-refractivity contribution in [1.82, 2.24) is 8.87 Å². The summed E-state index contributed by atoms with van der Waals surface area (Å²) in [6.45, 7) is 3.26. The Labute approximate surface area is 173 Å². The molecule has 0 aliphatic heterocycles. The molecule has 2 rings (SSSR count). The largest absolute Gasteiger partial charge is 0.451 e. The number of nitro groups is 1. The van der Waals surface area contributed by atoms with E-state index in [1.54, 1.807) is 13.8 Å². The van der Waals surface area contributed by atoms with Gasteiger partial charge in [-0.2, -0.15) is 4.31 Å². The summed E-state index contributed by atoms with van der Waals surface area (Å²) >= 11 is 0. The Balaban J connectivity index is 2.08. The van der Waals surface area contributed by atoms with Crippen LogP contribution in [-0.4, -0.2) is 53.8 Å². The molecule has 1 aromatic heterocycles. The van der Waals surface area contributed by atoms with Gasteiger partial charge in [-0.3, -0.25) is 14.9 Å². The van der Waals surface area contributed by atoms with Crippen molar-refractivity contribution in [3.8, 4) is 0 Å². The maximum atomic E-state index is 12.6. The number of amides is 1. The number of aromatic nitrogens is 1. The first kappa shape index (κ1) is 23.0. The third-order valence-corrected chi connectivity index (χ3v) is 6.26. The summed E-state index contributed by atoms with van der Waals surface area (Å²) in [6.07, 6.45) is 1.29. The van der Waals surface area contributed by atoms with Gasteiger partial charge in [0, 0.05) is 32.4 Å². The zero-order valence-electron chi connectivity index (χ0n) is 16.7. The Morgan fingerprint density at radius 1 is 1.23 bits per heavy atom. The molecule has 0 fully saturated rings. The molecule has 1 aromatic carbocycles. The fourth-order valence-electron chi connectivity index (χ4n) is 2.72. The number of hydrogen-bond donors (Lipinski definition) is 1. The number of rotatable bonds is 9. The van der Waals surface area contributed by atoms with Crippen LogP contribution in [0.4, 0.5) is 11.4 Å².